The number of rotatable bonds is 7. The minimum absolute atomic E-state index is 0. The second kappa shape index (κ2) is 13.8. The summed E-state index contributed by atoms with van der Waals surface area (Å²) in [6, 6.07) is 4.26. The lowest BCUT2D eigenvalue weighted by molar-refractivity contribution is -0.677. The summed E-state index contributed by atoms with van der Waals surface area (Å²) in [6.07, 6.45) is 7.32. The van der Waals surface area contributed by atoms with Gasteiger partial charge in [0.15, 0.2) is 11.9 Å². The van der Waals surface area contributed by atoms with Gasteiger partial charge in [-0.05, 0) is 23.2 Å². The average Bonchev–Trinajstić information content (AvgIpc) is 3.00. The van der Waals surface area contributed by atoms with Crippen molar-refractivity contribution < 1.29 is 28.5 Å². The molecular formula is C16H25I2N3S2. The smallest absolute Gasteiger partial charge is 0.178 e. The molecule has 0 bridgehead atoms. The van der Waals surface area contributed by atoms with Crippen molar-refractivity contribution in [3.05, 3.63) is 24.0 Å². The molecule has 2 aromatic heterocycles. The van der Waals surface area contributed by atoms with E-state index in [4.69, 9.17) is 0 Å². The van der Waals surface area contributed by atoms with E-state index in [0.29, 0.717) is 0 Å². The molecule has 7 heteroatoms. The van der Waals surface area contributed by atoms with Crippen molar-refractivity contribution in [1.82, 2.24) is 8.75 Å². The third-order valence-corrected chi connectivity index (χ3v) is 5.06. The van der Waals surface area contributed by atoms with Crippen molar-refractivity contribution in [3.8, 4) is 11.3 Å². The molecule has 0 spiro atoms. The summed E-state index contributed by atoms with van der Waals surface area (Å²) < 4.78 is 11.0. The van der Waals surface area contributed by atoms with Gasteiger partial charge in [0.2, 0.25) is 0 Å². The largest absolute Gasteiger partial charge is 1.00 e. The summed E-state index contributed by atoms with van der Waals surface area (Å²) in [5.74, 6) is 1.14. The van der Waals surface area contributed by atoms with E-state index in [9.17, 15) is 0 Å². The molecule has 0 aliphatic carbocycles. The number of unbranched alkanes of at least 4 members (excludes halogenated alkanes) is 3. The highest BCUT2D eigenvalue weighted by Gasteiger charge is 2.14. The monoisotopic (exact) mass is 577 g/mol. The summed E-state index contributed by atoms with van der Waals surface area (Å²) in [6.45, 7) is 4.35. The van der Waals surface area contributed by atoms with E-state index in [2.05, 4.69) is 75.1 Å². The number of aromatic nitrogens is 3. The van der Waals surface area contributed by atoms with E-state index < -0.39 is 0 Å². The molecule has 0 radical (unpaired) electrons. The molecule has 0 aliphatic heterocycles. The van der Waals surface area contributed by atoms with Gasteiger partial charge in [-0.15, -0.1) is 11.8 Å². The van der Waals surface area contributed by atoms with E-state index in [1.54, 1.807) is 0 Å². The van der Waals surface area contributed by atoms with Crippen LogP contribution in [0.15, 0.2) is 23.4 Å². The van der Waals surface area contributed by atoms with E-state index in [-0.39, 0.29) is 24.0 Å². The zero-order valence-electron chi connectivity index (χ0n) is 14.2. The molecule has 23 heavy (non-hydrogen) atoms. The quantitative estimate of drug-likeness (QED) is 0.166. The van der Waals surface area contributed by atoms with Crippen LogP contribution >= 0.6 is 46.1 Å². The molecule has 0 unspecified atom stereocenters. The number of aryl methyl sites for hydroxylation is 2. The van der Waals surface area contributed by atoms with Crippen LogP contribution in [0.5, 0.6) is 0 Å². The average molecular weight is 577 g/mol. The molecule has 3 nitrogen and oxygen atoms in total. The van der Waals surface area contributed by atoms with Gasteiger partial charge in [0.25, 0.3) is 0 Å². The first-order chi connectivity index (χ1) is 10.7. The van der Waals surface area contributed by atoms with Gasteiger partial charge in [0, 0.05) is 13.0 Å². The first kappa shape index (κ1) is 23.5. The van der Waals surface area contributed by atoms with Crippen LogP contribution in [0.25, 0.3) is 11.3 Å². The number of alkyl halides is 1. The summed E-state index contributed by atoms with van der Waals surface area (Å²) in [5.41, 5.74) is 3.43. The first-order valence-corrected chi connectivity index (χ1v) is 11.4. The summed E-state index contributed by atoms with van der Waals surface area (Å²) in [4.78, 5) is 1.97. The van der Waals surface area contributed by atoms with Crippen LogP contribution < -0.4 is 28.5 Å². The highest BCUT2D eigenvalue weighted by atomic mass is 127. The highest BCUT2D eigenvalue weighted by molar-refractivity contribution is 14.1. The molecular weight excluding hydrogens is 552 g/mol. The topological polar surface area (TPSA) is 29.7 Å². The van der Waals surface area contributed by atoms with Crippen LogP contribution in [0.2, 0.25) is 0 Å². The van der Waals surface area contributed by atoms with Crippen molar-refractivity contribution in [1.29, 1.82) is 0 Å². The Hall–Kier alpha value is 0.520. The van der Waals surface area contributed by atoms with Crippen molar-refractivity contribution in [2.45, 2.75) is 44.6 Å². The van der Waals surface area contributed by atoms with Crippen LogP contribution in [0.1, 0.15) is 38.3 Å². The van der Waals surface area contributed by atoms with E-state index >= 15 is 0 Å². The number of pyridine rings is 1. The van der Waals surface area contributed by atoms with Crippen LogP contribution in [-0.4, -0.2) is 19.4 Å². The molecule has 2 heterocycles. The number of hydrogen-bond donors (Lipinski definition) is 0. The fourth-order valence-electron chi connectivity index (χ4n) is 1.97. The van der Waals surface area contributed by atoms with Crippen LogP contribution in [0.3, 0.4) is 0 Å². The number of nitrogens with zero attached hydrogens (tertiary/aromatic N) is 3. The van der Waals surface area contributed by atoms with E-state index in [1.807, 2.05) is 16.7 Å². The Bertz CT molecular complexity index is 562. The molecule has 2 aromatic rings. The molecule has 0 amide bonds. The Morgan fingerprint density at radius 2 is 1.91 bits per heavy atom. The maximum Gasteiger partial charge on any atom is 0.178 e. The zero-order valence-corrected chi connectivity index (χ0v) is 20.1. The molecule has 0 saturated carbocycles. The first-order valence-electron chi connectivity index (χ1n) is 7.52. The Labute approximate surface area is 179 Å². The molecule has 0 N–H and O–H groups in total. The van der Waals surface area contributed by atoms with Gasteiger partial charge in [-0.3, -0.25) is 0 Å². The zero-order chi connectivity index (χ0) is 16.4. The van der Waals surface area contributed by atoms with Gasteiger partial charge >= 0.3 is 0 Å². The highest BCUT2D eigenvalue weighted by Crippen LogP contribution is 2.29. The Balaban J connectivity index is 0.00000155. The van der Waals surface area contributed by atoms with Crippen molar-refractivity contribution in [3.63, 3.8) is 0 Å². The fraction of sp³-hybridized carbons (Fsp3) is 0.562. The number of halogens is 2. The Morgan fingerprint density at radius 3 is 2.57 bits per heavy atom. The number of thioether (sulfide) groups is 1. The maximum absolute atomic E-state index is 4.47. The van der Waals surface area contributed by atoms with Crippen molar-refractivity contribution >= 4 is 46.1 Å². The fourth-order valence-corrected chi connectivity index (χ4v) is 3.66. The number of hydrogen-bond acceptors (Lipinski definition) is 4. The third-order valence-electron chi connectivity index (χ3n) is 3.36. The molecule has 0 fully saturated rings. The SMILES string of the molecule is CCCCCCSc1nsnc1-c1ccc(C)[n+](C)c1.CI.[I-]. The summed E-state index contributed by atoms with van der Waals surface area (Å²) in [7, 11) is 2.07. The van der Waals surface area contributed by atoms with Gasteiger partial charge < -0.3 is 24.0 Å². The Kier molecular flexibility index (Phi) is 14.1. The molecule has 0 saturated heterocycles. The van der Waals surface area contributed by atoms with E-state index in [1.165, 1.54) is 43.1 Å². The molecule has 2 rings (SSSR count). The normalized spacial score (nSPS) is 9.78. The standard InChI is InChI=1S/C15H22N3S2.CH3I.HI/c1-4-5-6-7-10-19-15-14(16-20-17-15)13-9-8-12(2)18(3)11-13;1-2;/h8-9,11H,4-7,10H2,1-3H3;1H3;1H/q+1;;/p-1. The second-order valence-electron chi connectivity index (χ2n) is 5.00. The second-order valence-corrected chi connectivity index (χ2v) is 6.61. The van der Waals surface area contributed by atoms with Gasteiger partial charge in [0.05, 0.1) is 17.3 Å². The predicted molar refractivity (Wildman–Crippen MR) is 106 cm³/mol. The van der Waals surface area contributed by atoms with Gasteiger partial charge in [-0.1, -0.05) is 48.8 Å². The summed E-state index contributed by atoms with van der Waals surface area (Å²) >= 11 is 5.30. The van der Waals surface area contributed by atoms with Crippen molar-refractivity contribution in [2.75, 3.05) is 10.7 Å². The molecule has 0 aliphatic rings. The van der Waals surface area contributed by atoms with E-state index in [0.717, 1.165) is 22.0 Å². The lowest BCUT2D eigenvalue weighted by atomic mass is 10.2. The van der Waals surface area contributed by atoms with Gasteiger partial charge in [-0.2, -0.15) is 8.75 Å². The van der Waals surface area contributed by atoms with Gasteiger partial charge in [-0.25, -0.2) is 4.57 Å². The minimum atomic E-state index is 0. The predicted octanol–water partition coefficient (Wildman–Crippen LogP) is 2.07. The van der Waals surface area contributed by atoms with Crippen LogP contribution in [-0.2, 0) is 7.05 Å². The Morgan fingerprint density at radius 1 is 1.17 bits per heavy atom. The lowest BCUT2D eigenvalue weighted by Gasteiger charge is -2.01. The van der Waals surface area contributed by atoms with Crippen LogP contribution in [0, 0.1) is 6.92 Å². The molecule has 0 aromatic carbocycles. The molecule has 130 valence electrons. The minimum Gasteiger partial charge on any atom is -1.00 e. The van der Waals surface area contributed by atoms with Gasteiger partial charge in [0.1, 0.15) is 17.8 Å². The van der Waals surface area contributed by atoms with Crippen LogP contribution in [0.4, 0.5) is 0 Å². The van der Waals surface area contributed by atoms with Crippen molar-refractivity contribution in [2.24, 2.45) is 7.05 Å². The molecule has 0 atom stereocenters. The third kappa shape index (κ3) is 7.96. The lowest BCUT2D eigenvalue weighted by Crippen LogP contribution is -3.00. The maximum atomic E-state index is 4.47. The summed E-state index contributed by atoms with van der Waals surface area (Å²) in [5, 5.41) is 1.08.